The smallest absolute Gasteiger partial charge is 0.127 e. The zero-order chi connectivity index (χ0) is 12.6. The summed E-state index contributed by atoms with van der Waals surface area (Å²) in [7, 11) is 0. The summed E-state index contributed by atoms with van der Waals surface area (Å²) in [4.78, 5) is 0. The summed E-state index contributed by atoms with van der Waals surface area (Å²) in [5.41, 5.74) is 2.20. The standard InChI is InChI=1S/C17H16O/c1-2-13-18-17(16-11-7-4-8-12-16)14-15-9-5-3-6-10-15/h2-12,14H,1,13H2. The van der Waals surface area contributed by atoms with Crippen LogP contribution < -0.4 is 0 Å². The first kappa shape index (κ1) is 12.2. The number of hydrogen-bond donors (Lipinski definition) is 0. The van der Waals surface area contributed by atoms with Gasteiger partial charge >= 0.3 is 0 Å². The van der Waals surface area contributed by atoms with E-state index in [1.54, 1.807) is 6.08 Å². The molecule has 2 rings (SSSR count). The van der Waals surface area contributed by atoms with Crippen LogP contribution in [0.3, 0.4) is 0 Å². The summed E-state index contributed by atoms with van der Waals surface area (Å²) >= 11 is 0. The van der Waals surface area contributed by atoms with Crippen LogP contribution in [0, 0.1) is 0 Å². The topological polar surface area (TPSA) is 9.23 Å². The first-order chi connectivity index (χ1) is 8.90. The Balaban J connectivity index is 2.31. The Morgan fingerprint density at radius 2 is 1.56 bits per heavy atom. The zero-order valence-electron chi connectivity index (χ0n) is 10.3. The fourth-order valence-electron chi connectivity index (χ4n) is 1.66. The van der Waals surface area contributed by atoms with Gasteiger partial charge in [0.25, 0.3) is 0 Å². The third-order valence-electron chi connectivity index (χ3n) is 2.51. The minimum Gasteiger partial charge on any atom is -0.489 e. The lowest BCUT2D eigenvalue weighted by Crippen LogP contribution is -1.92. The minimum atomic E-state index is 0.508. The highest BCUT2D eigenvalue weighted by Gasteiger charge is 2.01. The quantitative estimate of drug-likeness (QED) is 0.425. The predicted molar refractivity (Wildman–Crippen MR) is 76.9 cm³/mol. The molecule has 0 radical (unpaired) electrons. The molecule has 0 saturated carbocycles. The van der Waals surface area contributed by atoms with Crippen molar-refractivity contribution in [3.63, 3.8) is 0 Å². The molecule has 1 heteroatoms. The molecule has 0 N–H and O–H groups in total. The second-order valence-corrected chi connectivity index (χ2v) is 3.88. The van der Waals surface area contributed by atoms with Crippen LogP contribution in [-0.2, 0) is 4.74 Å². The van der Waals surface area contributed by atoms with E-state index < -0.39 is 0 Å². The molecule has 0 aromatic heterocycles. The lowest BCUT2D eigenvalue weighted by Gasteiger charge is -2.09. The third-order valence-corrected chi connectivity index (χ3v) is 2.51. The van der Waals surface area contributed by atoms with Gasteiger partial charge in [-0.2, -0.15) is 0 Å². The van der Waals surface area contributed by atoms with Crippen LogP contribution in [0.25, 0.3) is 11.8 Å². The van der Waals surface area contributed by atoms with Crippen molar-refractivity contribution in [2.75, 3.05) is 6.61 Å². The van der Waals surface area contributed by atoms with Gasteiger partial charge in [0.2, 0.25) is 0 Å². The number of hydrogen-bond acceptors (Lipinski definition) is 1. The van der Waals surface area contributed by atoms with E-state index in [2.05, 4.69) is 18.7 Å². The van der Waals surface area contributed by atoms with Crippen molar-refractivity contribution < 1.29 is 4.74 Å². The highest BCUT2D eigenvalue weighted by atomic mass is 16.5. The summed E-state index contributed by atoms with van der Waals surface area (Å²) in [6.07, 6.45) is 3.79. The summed E-state index contributed by atoms with van der Waals surface area (Å²) in [6, 6.07) is 20.2. The molecular weight excluding hydrogens is 220 g/mol. The molecule has 0 bridgehead atoms. The molecule has 0 saturated heterocycles. The highest BCUT2D eigenvalue weighted by molar-refractivity contribution is 5.77. The van der Waals surface area contributed by atoms with Crippen molar-refractivity contribution >= 4 is 11.8 Å². The van der Waals surface area contributed by atoms with E-state index in [9.17, 15) is 0 Å². The second-order valence-electron chi connectivity index (χ2n) is 3.88. The summed E-state index contributed by atoms with van der Waals surface area (Å²) in [5.74, 6) is 0.863. The Morgan fingerprint density at radius 1 is 0.944 bits per heavy atom. The normalized spacial score (nSPS) is 11.0. The van der Waals surface area contributed by atoms with Gasteiger partial charge < -0.3 is 4.74 Å². The third kappa shape index (κ3) is 3.36. The maximum atomic E-state index is 5.72. The van der Waals surface area contributed by atoms with Crippen molar-refractivity contribution in [3.8, 4) is 0 Å². The molecule has 0 aliphatic carbocycles. The van der Waals surface area contributed by atoms with Crippen LogP contribution in [0.5, 0.6) is 0 Å². The molecule has 18 heavy (non-hydrogen) atoms. The van der Waals surface area contributed by atoms with E-state index in [1.807, 2.05) is 54.6 Å². The first-order valence-corrected chi connectivity index (χ1v) is 5.96. The molecule has 0 amide bonds. The van der Waals surface area contributed by atoms with Gasteiger partial charge in [0.1, 0.15) is 12.4 Å². The molecule has 1 nitrogen and oxygen atoms in total. The van der Waals surface area contributed by atoms with E-state index in [1.165, 1.54) is 0 Å². The van der Waals surface area contributed by atoms with Crippen molar-refractivity contribution in [2.24, 2.45) is 0 Å². The maximum Gasteiger partial charge on any atom is 0.127 e. The van der Waals surface area contributed by atoms with Gasteiger partial charge in [-0.3, -0.25) is 0 Å². The van der Waals surface area contributed by atoms with Gasteiger partial charge in [0.05, 0.1) is 0 Å². The maximum absolute atomic E-state index is 5.72. The average molecular weight is 236 g/mol. The molecule has 0 fully saturated rings. The Labute approximate surface area is 108 Å². The van der Waals surface area contributed by atoms with Crippen molar-refractivity contribution in [3.05, 3.63) is 84.4 Å². The SMILES string of the molecule is C=CCOC(=Cc1ccccc1)c1ccccc1. The average Bonchev–Trinajstić information content (AvgIpc) is 2.45. The minimum absolute atomic E-state index is 0.508. The number of benzene rings is 2. The summed E-state index contributed by atoms with van der Waals surface area (Å²) in [6.45, 7) is 4.19. The molecule has 0 aliphatic heterocycles. The Bertz CT molecular complexity index is 512. The van der Waals surface area contributed by atoms with Crippen molar-refractivity contribution in [2.45, 2.75) is 0 Å². The molecule has 0 unspecified atom stereocenters. The zero-order valence-corrected chi connectivity index (χ0v) is 10.3. The predicted octanol–water partition coefficient (Wildman–Crippen LogP) is 4.39. The molecule has 2 aromatic rings. The van der Waals surface area contributed by atoms with Crippen LogP contribution in [0.2, 0.25) is 0 Å². The monoisotopic (exact) mass is 236 g/mol. The fraction of sp³-hybridized carbons (Fsp3) is 0.0588. The van der Waals surface area contributed by atoms with E-state index in [4.69, 9.17) is 4.74 Å². The summed E-state index contributed by atoms with van der Waals surface area (Å²) in [5, 5.41) is 0. The molecule has 0 heterocycles. The lowest BCUT2D eigenvalue weighted by molar-refractivity contribution is 0.322. The van der Waals surface area contributed by atoms with Crippen molar-refractivity contribution in [1.29, 1.82) is 0 Å². The number of rotatable bonds is 5. The molecule has 90 valence electrons. The van der Waals surface area contributed by atoms with Gasteiger partial charge in [0, 0.05) is 5.56 Å². The van der Waals surface area contributed by atoms with E-state index in [0.29, 0.717) is 6.61 Å². The molecule has 0 atom stereocenters. The van der Waals surface area contributed by atoms with E-state index in [-0.39, 0.29) is 0 Å². The van der Waals surface area contributed by atoms with E-state index in [0.717, 1.165) is 16.9 Å². The lowest BCUT2D eigenvalue weighted by atomic mass is 10.1. The Hall–Kier alpha value is -2.28. The van der Waals surface area contributed by atoms with Crippen LogP contribution in [0.4, 0.5) is 0 Å². The fourth-order valence-corrected chi connectivity index (χ4v) is 1.66. The van der Waals surface area contributed by atoms with Gasteiger partial charge in [0.15, 0.2) is 0 Å². The van der Waals surface area contributed by atoms with Crippen LogP contribution in [-0.4, -0.2) is 6.61 Å². The largest absolute Gasteiger partial charge is 0.489 e. The van der Waals surface area contributed by atoms with E-state index >= 15 is 0 Å². The van der Waals surface area contributed by atoms with Crippen LogP contribution in [0.15, 0.2) is 73.3 Å². The summed E-state index contributed by atoms with van der Waals surface area (Å²) < 4.78 is 5.72. The second kappa shape index (κ2) is 6.45. The van der Waals surface area contributed by atoms with Gasteiger partial charge in [-0.25, -0.2) is 0 Å². The number of ether oxygens (including phenoxy) is 1. The molecule has 0 spiro atoms. The Morgan fingerprint density at radius 3 is 2.17 bits per heavy atom. The first-order valence-electron chi connectivity index (χ1n) is 5.96. The molecule has 2 aromatic carbocycles. The van der Waals surface area contributed by atoms with Crippen LogP contribution in [0.1, 0.15) is 11.1 Å². The van der Waals surface area contributed by atoms with Gasteiger partial charge in [-0.1, -0.05) is 73.3 Å². The van der Waals surface area contributed by atoms with Crippen molar-refractivity contribution in [1.82, 2.24) is 0 Å². The van der Waals surface area contributed by atoms with Crippen LogP contribution >= 0.6 is 0 Å². The Kier molecular flexibility index (Phi) is 4.37. The van der Waals surface area contributed by atoms with Gasteiger partial charge in [-0.15, -0.1) is 0 Å². The molecular formula is C17H16O. The highest BCUT2D eigenvalue weighted by Crippen LogP contribution is 2.19. The molecule has 0 aliphatic rings. The van der Waals surface area contributed by atoms with Gasteiger partial charge in [-0.05, 0) is 11.6 Å².